The van der Waals surface area contributed by atoms with Crippen molar-refractivity contribution in [3.8, 4) is 6.07 Å². The van der Waals surface area contributed by atoms with Gasteiger partial charge in [0.15, 0.2) is 0 Å². The van der Waals surface area contributed by atoms with E-state index in [1.165, 1.54) is 37.8 Å². The minimum absolute atomic E-state index is 0.185. The molecule has 6 heteroatoms. The number of hydrogen-bond donors (Lipinski definition) is 1. The van der Waals surface area contributed by atoms with E-state index in [1.54, 1.807) is 11.0 Å². The van der Waals surface area contributed by atoms with Crippen LogP contribution in [0, 0.1) is 25.2 Å². The molecule has 0 bridgehead atoms. The summed E-state index contributed by atoms with van der Waals surface area (Å²) in [6.45, 7) is 9.49. The molecule has 1 aliphatic heterocycles. The molecule has 1 saturated heterocycles. The van der Waals surface area contributed by atoms with Crippen LogP contribution >= 0.6 is 0 Å². The van der Waals surface area contributed by atoms with Crippen LogP contribution in [0.15, 0.2) is 11.6 Å². The van der Waals surface area contributed by atoms with Gasteiger partial charge in [0.25, 0.3) is 5.91 Å². The molecule has 0 radical (unpaired) electrons. The van der Waals surface area contributed by atoms with E-state index < -0.39 is 0 Å². The SMILES string of the molecule is CCC(O)CN1CCN(C(=O)/C(C#N)=C/c2cc(C)n(C3CCCCC3)c2C)CC1. The molecule has 30 heavy (non-hydrogen) atoms. The average Bonchev–Trinajstić information content (AvgIpc) is 3.05. The summed E-state index contributed by atoms with van der Waals surface area (Å²) in [4.78, 5) is 16.9. The summed E-state index contributed by atoms with van der Waals surface area (Å²) < 4.78 is 2.41. The number of rotatable bonds is 6. The van der Waals surface area contributed by atoms with Crippen molar-refractivity contribution in [2.75, 3.05) is 32.7 Å². The van der Waals surface area contributed by atoms with Crippen molar-refractivity contribution in [2.24, 2.45) is 0 Å². The largest absolute Gasteiger partial charge is 0.392 e. The fourth-order valence-corrected chi connectivity index (χ4v) is 4.88. The van der Waals surface area contributed by atoms with E-state index in [0.29, 0.717) is 25.7 Å². The van der Waals surface area contributed by atoms with Gasteiger partial charge in [0.05, 0.1) is 6.10 Å². The van der Waals surface area contributed by atoms with E-state index in [4.69, 9.17) is 0 Å². The van der Waals surface area contributed by atoms with Crippen LogP contribution in [-0.2, 0) is 4.79 Å². The van der Waals surface area contributed by atoms with Crippen molar-refractivity contribution < 1.29 is 9.90 Å². The van der Waals surface area contributed by atoms with Gasteiger partial charge in [-0.15, -0.1) is 0 Å². The monoisotopic (exact) mass is 412 g/mol. The summed E-state index contributed by atoms with van der Waals surface area (Å²) in [5, 5.41) is 19.5. The number of piperazine rings is 1. The molecule has 2 aliphatic rings. The number of aliphatic hydroxyl groups excluding tert-OH is 1. The summed E-state index contributed by atoms with van der Waals surface area (Å²) in [6.07, 6.45) is 8.48. The number of aryl methyl sites for hydroxylation is 1. The summed E-state index contributed by atoms with van der Waals surface area (Å²) in [5.41, 5.74) is 3.55. The summed E-state index contributed by atoms with van der Waals surface area (Å²) >= 11 is 0. The van der Waals surface area contributed by atoms with Gasteiger partial charge in [-0.25, -0.2) is 0 Å². The molecular formula is C24H36N4O2. The molecule has 1 unspecified atom stereocenters. The van der Waals surface area contributed by atoms with Crippen molar-refractivity contribution in [1.29, 1.82) is 5.26 Å². The highest BCUT2D eigenvalue weighted by molar-refractivity contribution is 6.01. The van der Waals surface area contributed by atoms with Crippen LogP contribution in [0.2, 0.25) is 0 Å². The van der Waals surface area contributed by atoms with Gasteiger partial charge in [0, 0.05) is 50.2 Å². The van der Waals surface area contributed by atoms with Gasteiger partial charge in [-0.1, -0.05) is 26.2 Å². The van der Waals surface area contributed by atoms with Gasteiger partial charge in [-0.3, -0.25) is 9.69 Å². The summed E-state index contributed by atoms with van der Waals surface area (Å²) in [6, 6.07) is 4.79. The molecule has 1 saturated carbocycles. The average molecular weight is 413 g/mol. The Morgan fingerprint density at radius 3 is 2.50 bits per heavy atom. The van der Waals surface area contributed by atoms with Gasteiger partial charge in [0.2, 0.25) is 0 Å². The Morgan fingerprint density at radius 1 is 1.23 bits per heavy atom. The van der Waals surface area contributed by atoms with Crippen LogP contribution in [0.1, 0.15) is 68.4 Å². The Morgan fingerprint density at radius 2 is 1.90 bits per heavy atom. The molecule has 1 atom stereocenters. The molecule has 1 N–H and O–H groups in total. The quantitative estimate of drug-likeness (QED) is 0.574. The molecule has 1 aromatic heterocycles. The molecule has 1 aromatic rings. The third-order valence-electron chi connectivity index (χ3n) is 6.71. The second kappa shape index (κ2) is 10.3. The highest BCUT2D eigenvalue weighted by Crippen LogP contribution is 2.32. The lowest BCUT2D eigenvalue weighted by Crippen LogP contribution is -2.50. The number of carbonyl (C=O) groups is 1. The fraction of sp³-hybridized carbons (Fsp3) is 0.667. The normalized spacial score (nSPS) is 20.2. The van der Waals surface area contributed by atoms with Crippen LogP contribution in [-0.4, -0.2) is 64.2 Å². The Bertz CT molecular complexity index is 806. The van der Waals surface area contributed by atoms with Crippen LogP contribution < -0.4 is 0 Å². The van der Waals surface area contributed by atoms with Crippen molar-refractivity contribution in [1.82, 2.24) is 14.4 Å². The molecule has 1 aliphatic carbocycles. The Balaban J connectivity index is 1.70. The van der Waals surface area contributed by atoms with E-state index in [1.807, 2.05) is 6.92 Å². The molecule has 6 nitrogen and oxygen atoms in total. The smallest absolute Gasteiger partial charge is 0.264 e. The minimum Gasteiger partial charge on any atom is -0.392 e. The van der Waals surface area contributed by atoms with E-state index >= 15 is 0 Å². The van der Waals surface area contributed by atoms with E-state index in [9.17, 15) is 15.2 Å². The van der Waals surface area contributed by atoms with Gasteiger partial charge in [0.1, 0.15) is 11.6 Å². The van der Waals surface area contributed by atoms with Crippen molar-refractivity contribution in [3.63, 3.8) is 0 Å². The van der Waals surface area contributed by atoms with Crippen LogP contribution in [0.4, 0.5) is 0 Å². The topological polar surface area (TPSA) is 72.5 Å². The zero-order valence-electron chi connectivity index (χ0n) is 18.7. The summed E-state index contributed by atoms with van der Waals surface area (Å²) in [7, 11) is 0. The molecular weight excluding hydrogens is 376 g/mol. The highest BCUT2D eigenvalue weighted by atomic mass is 16.3. The first-order chi connectivity index (χ1) is 14.4. The lowest BCUT2D eigenvalue weighted by atomic mass is 9.95. The zero-order valence-corrected chi connectivity index (χ0v) is 18.7. The van der Waals surface area contributed by atoms with E-state index in [0.717, 1.165) is 30.8 Å². The lowest BCUT2D eigenvalue weighted by Gasteiger charge is -2.35. The summed E-state index contributed by atoms with van der Waals surface area (Å²) in [5.74, 6) is -0.185. The predicted molar refractivity (Wildman–Crippen MR) is 119 cm³/mol. The van der Waals surface area contributed by atoms with Gasteiger partial charge in [-0.2, -0.15) is 5.26 Å². The molecule has 1 amide bonds. The molecule has 0 aromatic carbocycles. The number of nitrogens with zero attached hydrogens (tertiary/aromatic N) is 4. The Labute approximate surface area is 180 Å². The molecule has 2 heterocycles. The van der Waals surface area contributed by atoms with E-state index in [2.05, 4.69) is 35.5 Å². The number of amides is 1. The molecule has 0 spiro atoms. The van der Waals surface area contributed by atoms with Gasteiger partial charge in [-0.05, 0) is 50.8 Å². The van der Waals surface area contributed by atoms with E-state index in [-0.39, 0.29) is 17.6 Å². The zero-order chi connectivity index (χ0) is 21.7. The molecule has 164 valence electrons. The maximum Gasteiger partial charge on any atom is 0.264 e. The first kappa shape index (κ1) is 22.6. The molecule has 2 fully saturated rings. The van der Waals surface area contributed by atoms with Crippen molar-refractivity contribution >= 4 is 12.0 Å². The minimum atomic E-state index is -0.318. The number of nitriles is 1. The number of aromatic nitrogens is 1. The highest BCUT2D eigenvalue weighted by Gasteiger charge is 2.25. The standard InChI is InChI=1S/C24H36N4O2/c1-4-23(29)17-26-10-12-27(13-11-26)24(30)21(16-25)15-20-14-18(2)28(19(20)3)22-8-6-5-7-9-22/h14-15,22-23,29H,4-13,17H2,1-3H3/b21-15+. The third-order valence-corrected chi connectivity index (χ3v) is 6.71. The van der Waals surface area contributed by atoms with Crippen LogP contribution in [0.5, 0.6) is 0 Å². The van der Waals surface area contributed by atoms with Gasteiger partial charge >= 0.3 is 0 Å². The second-order valence-electron chi connectivity index (χ2n) is 8.81. The molecule has 3 rings (SSSR count). The van der Waals surface area contributed by atoms with Gasteiger partial charge < -0.3 is 14.6 Å². The van der Waals surface area contributed by atoms with Crippen molar-refractivity contribution in [2.45, 2.75) is 71.4 Å². The second-order valence-corrected chi connectivity index (χ2v) is 8.81. The van der Waals surface area contributed by atoms with Crippen molar-refractivity contribution in [3.05, 3.63) is 28.6 Å². The first-order valence-corrected chi connectivity index (χ1v) is 11.4. The first-order valence-electron chi connectivity index (χ1n) is 11.4. The number of hydrogen-bond acceptors (Lipinski definition) is 4. The maximum absolute atomic E-state index is 13.0. The number of β-amino-alcohol motifs (C(OH)–C–C–N with tert-alkyl or cyclic N) is 1. The number of carbonyl (C=O) groups excluding carboxylic acids is 1. The predicted octanol–water partition coefficient (Wildman–Crippen LogP) is 3.43. The number of aliphatic hydroxyl groups is 1. The fourth-order valence-electron chi connectivity index (χ4n) is 4.88. The third kappa shape index (κ3) is 5.14. The van der Waals surface area contributed by atoms with Crippen LogP contribution in [0.3, 0.4) is 0 Å². The maximum atomic E-state index is 13.0. The lowest BCUT2D eigenvalue weighted by molar-refractivity contribution is -0.128. The Kier molecular flexibility index (Phi) is 7.74. The van der Waals surface area contributed by atoms with Crippen LogP contribution in [0.25, 0.3) is 6.08 Å². The Hall–Kier alpha value is -2.10.